The number of esters is 3. The van der Waals surface area contributed by atoms with E-state index in [-0.39, 0.29) is 29.1 Å². The molecule has 0 amide bonds. The summed E-state index contributed by atoms with van der Waals surface area (Å²) >= 11 is 0. The number of ether oxygens (including phenoxy) is 5. The van der Waals surface area contributed by atoms with E-state index in [0.717, 1.165) is 6.42 Å². The molecule has 1 heterocycles. The van der Waals surface area contributed by atoms with Gasteiger partial charge in [0.25, 0.3) is 0 Å². The van der Waals surface area contributed by atoms with Crippen molar-refractivity contribution in [3.05, 3.63) is 12.2 Å². The van der Waals surface area contributed by atoms with Gasteiger partial charge >= 0.3 is 17.9 Å². The molecule has 4 aliphatic carbocycles. The average molecular weight is 533 g/mol. The molecule has 1 saturated heterocycles. The van der Waals surface area contributed by atoms with Crippen LogP contribution in [0, 0.1) is 28.1 Å². The first kappa shape index (κ1) is 27.3. The molecular formula is C29H40O9. The van der Waals surface area contributed by atoms with E-state index >= 15 is 0 Å². The van der Waals surface area contributed by atoms with E-state index in [2.05, 4.69) is 27.4 Å². The third-order valence-corrected chi connectivity index (χ3v) is 10.3. The zero-order valence-corrected chi connectivity index (χ0v) is 23.7. The molecule has 1 aliphatic heterocycles. The lowest BCUT2D eigenvalue weighted by molar-refractivity contribution is -0.406. The van der Waals surface area contributed by atoms with Gasteiger partial charge in [-0.25, -0.2) is 0 Å². The van der Waals surface area contributed by atoms with E-state index in [1.54, 1.807) is 13.8 Å². The maximum Gasteiger partial charge on any atom is 0.303 e. The molecule has 0 radical (unpaired) electrons. The Morgan fingerprint density at radius 2 is 1.58 bits per heavy atom. The molecule has 0 unspecified atom stereocenters. The van der Waals surface area contributed by atoms with Crippen molar-refractivity contribution < 1.29 is 42.9 Å². The Balaban J connectivity index is 1.82. The fourth-order valence-corrected chi connectivity index (χ4v) is 9.37. The van der Waals surface area contributed by atoms with E-state index in [9.17, 15) is 19.2 Å². The lowest BCUT2D eigenvalue weighted by atomic mass is 9.38. The van der Waals surface area contributed by atoms with E-state index < -0.39 is 70.5 Å². The lowest BCUT2D eigenvalue weighted by Crippen LogP contribution is -2.78. The number of rotatable bonds is 3. The number of carbonyl (C=O) groups excluding carboxylic acids is 4. The summed E-state index contributed by atoms with van der Waals surface area (Å²) in [6.45, 7) is 18.2. The van der Waals surface area contributed by atoms with Crippen molar-refractivity contribution in [3.63, 3.8) is 0 Å². The van der Waals surface area contributed by atoms with Crippen molar-refractivity contribution >= 4 is 23.7 Å². The van der Waals surface area contributed by atoms with Crippen LogP contribution in [0.25, 0.3) is 0 Å². The minimum absolute atomic E-state index is 0.0200. The fraction of sp³-hybridized carbons (Fsp3) is 0.793. The molecule has 2 bridgehead atoms. The van der Waals surface area contributed by atoms with Crippen LogP contribution in [0.1, 0.15) is 81.1 Å². The molecule has 9 atom stereocenters. The summed E-state index contributed by atoms with van der Waals surface area (Å²) < 4.78 is 31.1. The van der Waals surface area contributed by atoms with Crippen molar-refractivity contribution in [2.45, 2.75) is 117 Å². The van der Waals surface area contributed by atoms with Gasteiger partial charge in [-0.2, -0.15) is 0 Å². The summed E-state index contributed by atoms with van der Waals surface area (Å²) in [5, 5.41) is 0. The van der Waals surface area contributed by atoms with Gasteiger partial charge in [0.2, 0.25) is 0 Å². The van der Waals surface area contributed by atoms with Crippen molar-refractivity contribution in [1.82, 2.24) is 0 Å². The lowest BCUT2D eigenvalue weighted by Gasteiger charge is -2.70. The largest absolute Gasteiger partial charge is 0.462 e. The summed E-state index contributed by atoms with van der Waals surface area (Å²) in [4.78, 5) is 51.9. The quantitative estimate of drug-likeness (QED) is 0.305. The van der Waals surface area contributed by atoms with Crippen LogP contribution < -0.4 is 0 Å². The summed E-state index contributed by atoms with van der Waals surface area (Å²) in [7, 11) is 0. The standard InChI is InChI=1S/C29H40O9/c1-14-23(33)29-21-12-19-25(5,6)11-10-20(35-16(3)31)27(19,9)22(29)18(34-15(2)30)13-28(14,36-17(4)32)24(29)38-26(7,8)37-21/h18-22,24H,1,10-13H2,2-9H3/t18-,19-,20-,21-,22+,24-,27+,28-,29-/m1/s1. The van der Waals surface area contributed by atoms with Gasteiger partial charge in [-0.1, -0.05) is 27.4 Å². The third kappa shape index (κ3) is 3.36. The highest BCUT2D eigenvalue weighted by molar-refractivity contribution is 6.07. The average Bonchev–Trinajstić information content (AvgIpc) is 2.86. The molecule has 0 aromatic carbocycles. The molecule has 5 rings (SSSR count). The Labute approximate surface area is 223 Å². The first-order valence-corrected chi connectivity index (χ1v) is 13.6. The highest BCUT2D eigenvalue weighted by Gasteiger charge is 2.85. The molecule has 5 aliphatic rings. The van der Waals surface area contributed by atoms with E-state index in [0.29, 0.717) is 12.8 Å². The maximum absolute atomic E-state index is 14.6. The summed E-state index contributed by atoms with van der Waals surface area (Å²) in [5.74, 6) is -3.55. The van der Waals surface area contributed by atoms with E-state index in [1.807, 2.05) is 0 Å². The summed E-state index contributed by atoms with van der Waals surface area (Å²) in [6, 6.07) is 0. The van der Waals surface area contributed by atoms with Gasteiger partial charge < -0.3 is 23.7 Å². The second-order valence-corrected chi connectivity index (χ2v) is 13.3. The highest BCUT2D eigenvalue weighted by Crippen LogP contribution is 2.75. The SMILES string of the molecule is C=C1C(=O)[C@@]23[C@H]4C[C@@H]5C(C)(C)CC[C@@H](OC(C)=O)[C@@]5(C)[C@@H]2[C@H](OC(C)=O)C[C@]1(OC(C)=O)[C@H]3OC(C)(C)O4. The molecule has 0 aromatic heterocycles. The third-order valence-electron chi connectivity index (χ3n) is 10.3. The second-order valence-electron chi connectivity index (χ2n) is 13.3. The van der Waals surface area contributed by atoms with Crippen molar-refractivity contribution in [2.24, 2.45) is 28.1 Å². The van der Waals surface area contributed by atoms with Gasteiger partial charge in [0.15, 0.2) is 17.2 Å². The number of hydrogen-bond donors (Lipinski definition) is 0. The van der Waals surface area contributed by atoms with Crippen LogP contribution in [0.15, 0.2) is 12.2 Å². The normalized spacial score (nSPS) is 45.9. The van der Waals surface area contributed by atoms with Crippen LogP contribution in [0.5, 0.6) is 0 Å². The maximum atomic E-state index is 14.6. The topological polar surface area (TPSA) is 114 Å². The van der Waals surface area contributed by atoms with Gasteiger partial charge in [0.05, 0.1) is 11.5 Å². The molecule has 0 aromatic rings. The molecular weight excluding hydrogens is 492 g/mol. The molecule has 1 spiro atoms. The zero-order valence-electron chi connectivity index (χ0n) is 23.7. The van der Waals surface area contributed by atoms with Gasteiger partial charge in [-0.3, -0.25) is 19.2 Å². The molecule has 9 heteroatoms. The summed E-state index contributed by atoms with van der Waals surface area (Å²) in [6.07, 6.45) is -0.921. The second kappa shape index (κ2) is 8.13. The number of hydrogen-bond acceptors (Lipinski definition) is 9. The van der Waals surface area contributed by atoms with Crippen LogP contribution in [0.2, 0.25) is 0 Å². The van der Waals surface area contributed by atoms with Crippen molar-refractivity contribution in [3.8, 4) is 0 Å². The Kier molecular flexibility index (Phi) is 5.84. The zero-order chi connectivity index (χ0) is 28.2. The summed E-state index contributed by atoms with van der Waals surface area (Å²) in [5.41, 5.74) is -3.69. The van der Waals surface area contributed by atoms with Crippen molar-refractivity contribution in [2.75, 3.05) is 0 Å². The van der Waals surface area contributed by atoms with Crippen LogP contribution in [-0.4, -0.2) is 59.5 Å². The van der Waals surface area contributed by atoms with E-state index in [1.165, 1.54) is 20.8 Å². The minimum atomic E-state index is -1.51. The van der Waals surface area contributed by atoms with Crippen LogP contribution in [-0.2, 0) is 42.9 Å². The highest BCUT2D eigenvalue weighted by atomic mass is 16.7. The fourth-order valence-electron chi connectivity index (χ4n) is 9.37. The molecule has 9 nitrogen and oxygen atoms in total. The van der Waals surface area contributed by atoms with Gasteiger partial charge in [-0.05, 0) is 44.4 Å². The minimum Gasteiger partial charge on any atom is -0.462 e. The molecule has 38 heavy (non-hydrogen) atoms. The van der Waals surface area contributed by atoms with Crippen molar-refractivity contribution in [1.29, 1.82) is 0 Å². The molecule has 4 saturated carbocycles. The van der Waals surface area contributed by atoms with Gasteiger partial charge in [-0.15, -0.1) is 0 Å². The van der Waals surface area contributed by atoms with E-state index in [4.69, 9.17) is 23.7 Å². The van der Waals surface area contributed by atoms with Crippen LogP contribution in [0.3, 0.4) is 0 Å². The Hall–Kier alpha value is -2.26. The predicted molar refractivity (Wildman–Crippen MR) is 133 cm³/mol. The Morgan fingerprint density at radius 1 is 0.947 bits per heavy atom. The van der Waals surface area contributed by atoms with Gasteiger partial charge in [0, 0.05) is 44.1 Å². The number of carbonyl (C=O) groups is 4. The number of Topliss-reactive ketones (excluding diaryl/α,β-unsaturated/α-hetero) is 1. The van der Waals surface area contributed by atoms with Crippen LogP contribution in [0.4, 0.5) is 0 Å². The first-order chi connectivity index (χ1) is 17.4. The molecule has 5 fully saturated rings. The Morgan fingerprint density at radius 3 is 2.16 bits per heavy atom. The van der Waals surface area contributed by atoms with Gasteiger partial charge in [0.1, 0.15) is 18.3 Å². The molecule has 210 valence electrons. The smallest absolute Gasteiger partial charge is 0.303 e. The number of ketones is 1. The molecule has 0 N–H and O–H groups in total. The predicted octanol–water partition coefficient (Wildman–Crippen LogP) is 3.66. The Bertz CT molecular complexity index is 1120. The first-order valence-electron chi connectivity index (χ1n) is 13.6. The monoisotopic (exact) mass is 532 g/mol. The van der Waals surface area contributed by atoms with Crippen LogP contribution >= 0.6 is 0 Å². The number of fused-ring (bicyclic) bond motifs is 2.